The Morgan fingerprint density at radius 3 is 2.65 bits per heavy atom. The van der Waals surface area contributed by atoms with Gasteiger partial charge in [-0.3, -0.25) is 4.90 Å². The first-order valence-electron chi connectivity index (χ1n) is 12.1. The van der Waals surface area contributed by atoms with E-state index in [0.717, 1.165) is 54.4 Å². The van der Waals surface area contributed by atoms with E-state index >= 15 is 0 Å². The molecule has 1 N–H and O–H groups in total. The van der Waals surface area contributed by atoms with Crippen LogP contribution >= 0.6 is 0 Å². The fraction of sp³-hybridized carbons (Fsp3) is 0.739. The number of benzene rings is 1. The van der Waals surface area contributed by atoms with Crippen LogP contribution < -0.4 is 9.46 Å². The van der Waals surface area contributed by atoms with E-state index in [-0.39, 0.29) is 30.8 Å². The summed E-state index contributed by atoms with van der Waals surface area (Å²) in [6.07, 6.45) is 3.97. The lowest BCUT2D eigenvalue weighted by Gasteiger charge is -2.51. The summed E-state index contributed by atoms with van der Waals surface area (Å²) in [5.41, 5.74) is 3.73. The van der Waals surface area contributed by atoms with Crippen molar-refractivity contribution < 1.29 is 21.6 Å². The number of hydrogen-bond acceptors (Lipinski definition) is 6. The Morgan fingerprint density at radius 2 is 1.94 bits per heavy atom. The van der Waals surface area contributed by atoms with Gasteiger partial charge in [0.15, 0.2) is 0 Å². The Kier molecular flexibility index (Phi) is 7.62. The van der Waals surface area contributed by atoms with E-state index in [2.05, 4.69) is 28.7 Å². The van der Waals surface area contributed by atoms with E-state index in [4.69, 9.17) is 4.74 Å². The minimum Gasteiger partial charge on any atom is -0.496 e. The molecule has 1 aromatic carbocycles. The zero-order valence-corrected chi connectivity index (χ0v) is 22.3. The smallest absolute Gasteiger partial charge is 0.278 e. The maximum atomic E-state index is 13.4. The number of piperidine rings is 2. The molecule has 1 aromatic rings. The van der Waals surface area contributed by atoms with Gasteiger partial charge in [-0.15, -0.1) is 0 Å². The van der Waals surface area contributed by atoms with Gasteiger partial charge in [0.25, 0.3) is 10.2 Å². The van der Waals surface area contributed by atoms with Crippen molar-refractivity contribution in [1.29, 1.82) is 0 Å². The Bertz CT molecular complexity index is 1110. The summed E-state index contributed by atoms with van der Waals surface area (Å²) in [6, 6.07) is 4.59. The first kappa shape index (κ1) is 25.8. The van der Waals surface area contributed by atoms with Crippen LogP contribution in [0.1, 0.15) is 48.4 Å². The monoisotopic (exact) mass is 514 g/mol. The predicted octanol–water partition coefficient (Wildman–Crippen LogP) is 1.50. The van der Waals surface area contributed by atoms with E-state index in [1.54, 1.807) is 11.4 Å². The molecule has 0 spiro atoms. The molecule has 3 atom stereocenters. The fourth-order valence-electron chi connectivity index (χ4n) is 5.81. The van der Waals surface area contributed by atoms with Gasteiger partial charge in [-0.2, -0.15) is 17.0 Å². The van der Waals surface area contributed by atoms with Gasteiger partial charge in [0, 0.05) is 52.4 Å². The van der Waals surface area contributed by atoms with Crippen molar-refractivity contribution in [3.8, 4) is 5.75 Å². The lowest BCUT2D eigenvalue weighted by atomic mass is 9.77. The van der Waals surface area contributed by atoms with E-state index in [0.29, 0.717) is 12.5 Å². The number of ether oxygens (including phenoxy) is 1. The van der Waals surface area contributed by atoms with Crippen molar-refractivity contribution in [2.75, 3.05) is 53.1 Å². The predicted molar refractivity (Wildman–Crippen MR) is 133 cm³/mol. The molecule has 3 aliphatic rings. The fourth-order valence-corrected chi connectivity index (χ4v) is 8.30. The van der Waals surface area contributed by atoms with Crippen LogP contribution in [0.15, 0.2) is 12.1 Å². The average Bonchev–Trinajstić information content (AvgIpc) is 2.79. The molecule has 4 rings (SSSR count). The molecule has 34 heavy (non-hydrogen) atoms. The molecule has 2 fully saturated rings. The molecule has 3 aliphatic heterocycles. The van der Waals surface area contributed by atoms with Crippen LogP contribution in [0, 0.1) is 12.8 Å². The number of nitrogens with zero attached hydrogens (tertiary/aromatic N) is 3. The second-order valence-corrected chi connectivity index (χ2v) is 14.0. The summed E-state index contributed by atoms with van der Waals surface area (Å²) in [4.78, 5) is 2.54. The van der Waals surface area contributed by atoms with Gasteiger partial charge in [0.2, 0.25) is 10.0 Å². The highest BCUT2D eigenvalue weighted by Gasteiger charge is 2.45. The minimum atomic E-state index is -3.55. The number of nitrogens with one attached hydrogen (secondary N) is 1. The molecule has 9 nitrogen and oxygen atoms in total. The van der Waals surface area contributed by atoms with Crippen LogP contribution in [-0.2, 0) is 26.7 Å². The molecule has 3 heterocycles. The van der Waals surface area contributed by atoms with Gasteiger partial charge < -0.3 is 4.74 Å². The summed E-state index contributed by atoms with van der Waals surface area (Å²) in [7, 11) is -2.44. The van der Waals surface area contributed by atoms with E-state index in [9.17, 15) is 16.8 Å². The number of hydrogen-bond donors (Lipinski definition) is 1. The van der Waals surface area contributed by atoms with Gasteiger partial charge in [-0.25, -0.2) is 13.1 Å². The first-order chi connectivity index (χ1) is 16.0. The maximum absolute atomic E-state index is 13.4. The third kappa shape index (κ3) is 5.15. The summed E-state index contributed by atoms with van der Waals surface area (Å²) in [5, 5.41) is 0. The number of rotatable bonds is 8. The van der Waals surface area contributed by atoms with Crippen molar-refractivity contribution in [2.45, 2.75) is 51.1 Å². The third-order valence-corrected chi connectivity index (χ3v) is 11.1. The standard InChI is InChI=1S/C23H38N4O5S2/c1-17-13-20-18(14-23(17)32-4)8-11-26-16-19-7-5-10-27(21(19)15-22(20)26)33(28,29)12-6-9-24-34(30,31)25(2)3/h13-14,19,21-22,24H,5-12,15-16H2,1-4H3/t19-,21+,22+/m1/s1. The second-order valence-electron chi connectivity index (χ2n) is 9.95. The largest absolute Gasteiger partial charge is 0.496 e. The minimum absolute atomic E-state index is 0.00757. The molecule has 2 saturated heterocycles. The zero-order valence-electron chi connectivity index (χ0n) is 20.7. The number of fused-ring (bicyclic) bond motifs is 4. The van der Waals surface area contributed by atoms with Crippen molar-refractivity contribution >= 4 is 20.2 Å². The summed E-state index contributed by atoms with van der Waals surface area (Å²) < 4.78 is 61.3. The van der Waals surface area contributed by atoms with Crippen LogP contribution in [0.4, 0.5) is 0 Å². The highest BCUT2D eigenvalue weighted by atomic mass is 32.2. The number of methoxy groups -OCH3 is 1. The second kappa shape index (κ2) is 10.0. The van der Waals surface area contributed by atoms with Crippen molar-refractivity contribution in [3.63, 3.8) is 0 Å². The molecule has 0 radical (unpaired) electrons. The summed E-state index contributed by atoms with van der Waals surface area (Å²) in [6.45, 7) is 4.63. The lowest BCUT2D eigenvalue weighted by molar-refractivity contribution is 0.0219. The Balaban J connectivity index is 1.48. The number of aryl methyl sites for hydroxylation is 1. The van der Waals surface area contributed by atoms with Crippen LogP contribution in [0.2, 0.25) is 0 Å². The third-order valence-electron chi connectivity index (χ3n) is 7.63. The molecule has 0 amide bonds. The van der Waals surface area contributed by atoms with Gasteiger partial charge in [0.05, 0.1) is 12.9 Å². The van der Waals surface area contributed by atoms with Gasteiger partial charge >= 0.3 is 0 Å². The molecule has 0 bridgehead atoms. The molecule has 11 heteroatoms. The molecule has 0 unspecified atom stereocenters. The number of sulfonamides is 1. The van der Waals surface area contributed by atoms with Gasteiger partial charge in [-0.05, 0) is 67.7 Å². The molecule has 0 aliphatic carbocycles. The lowest BCUT2D eigenvalue weighted by Crippen LogP contribution is -2.57. The van der Waals surface area contributed by atoms with Crippen LogP contribution in [0.5, 0.6) is 5.75 Å². The normalized spacial score (nSPS) is 26.1. The Labute approximate surface area is 204 Å². The maximum Gasteiger partial charge on any atom is 0.278 e. The molecular formula is C23H38N4O5S2. The van der Waals surface area contributed by atoms with Crippen LogP contribution in [-0.4, -0.2) is 89.5 Å². The summed E-state index contributed by atoms with van der Waals surface area (Å²) in [5.74, 6) is 1.20. The van der Waals surface area contributed by atoms with Gasteiger partial charge in [0.1, 0.15) is 5.75 Å². The van der Waals surface area contributed by atoms with E-state index in [1.165, 1.54) is 25.2 Å². The Morgan fingerprint density at radius 1 is 1.18 bits per heavy atom. The van der Waals surface area contributed by atoms with Crippen LogP contribution in [0.3, 0.4) is 0 Å². The highest BCUT2D eigenvalue weighted by Crippen LogP contribution is 2.44. The Hall–Kier alpha value is -1.24. The van der Waals surface area contributed by atoms with Gasteiger partial charge in [-0.1, -0.05) is 6.07 Å². The van der Waals surface area contributed by atoms with Crippen molar-refractivity contribution in [3.05, 3.63) is 28.8 Å². The van der Waals surface area contributed by atoms with Crippen molar-refractivity contribution in [2.24, 2.45) is 5.92 Å². The molecule has 0 aromatic heterocycles. The molecule has 192 valence electrons. The van der Waals surface area contributed by atoms with Crippen LogP contribution in [0.25, 0.3) is 0 Å². The van der Waals surface area contributed by atoms with E-state index in [1.807, 2.05) is 0 Å². The van der Waals surface area contributed by atoms with Crippen molar-refractivity contribution in [1.82, 2.24) is 18.2 Å². The zero-order chi connectivity index (χ0) is 24.7. The first-order valence-corrected chi connectivity index (χ1v) is 15.2. The molecular weight excluding hydrogens is 476 g/mol. The SMILES string of the molecule is COc1cc2c(cc1C)[C@@H]1C[C@H]3[C@H](CCCN3S(=O)(=O)CCCNS(=O)(=O)N(C)C)CN1CC2. The van der Waals surface area contributed by atoms with E-state index < -0.39 is 20.2 Å². The quantitative estimate of drug-likeness (QED) is 0.528. The highest BCUT2D eigenvalue weighted by molar-refractivity contribution is 7.89. The average molecular weight is 515 g/mol. The summed E-state index contributed by atoms with van der Waals surface area (Å²) >= 11 is 0. The molecule has 0 saturated carbocycles. The topological polar surface area (TPSA) is 99.3 Å².